The molecular weight excluding hydrogens is 276 g/mol. The number of carbonyl (C=O) groups excluding carboxylic acids is 1. The number of hydrogen-bond acceptors (Lipinski definition) is 3. The zero-order chi connectivity index (χ0) is 15.9. The van der Waals surface area contributed by atoms with Crippen LogP contribution in [0.15, 0.2) is 24.3 Å². The highest BCUT2D eigenvalue weighted by atomic mass is 16.2. The molecule has 1 N–H and O–H groups in total. The van der Waals surface area contributed by atoms with E-state index in [0.717, 1.165) is 39.0 Å². The number of nitrogens with one attached hydrogen (secondary N) is 1. The first-order valence-electron chi connectivity index (χ1n) is 7.87. The SMILES string of the molecule is CCCN(C)C[C@@H]1CCN(C(=O)Nc2cccc(C#N)c2)C1. The molecule has 0 saturated carbocycles. The lowest BCUT2D eigenvalue weighted by atomic mass is 10.1. The van der Waals surface area contributed by atoms with E-state index in [1.54, 1.807) is 24.3 Å². The first-order chi connectivity index (χ1) is 10.6. The van der Waals surface area contributed by atoms with Crippen LogP contribution in [0, 0.1) is 17.2 Å². The predicted octanol–water partition coefficient (Wildman–Crippen LogP) is 2.75. The summed E-state index contributed by atoms with van der Waals surface area (Å²) in [6.45, 7) is 5.93. The molecule has 1 heterocycles. The molecule has 0 unspecified atom stereocenters. The number of benzene rings is 1. The van der Waals surface area contributed by atoms with Gasteiger partial charge in [0.1, 0.15) is 0 Å². The van der Waals surface area contributed by atoms with Gasteiger partial charge in [-0.2, -0.15) is 5.26 Å². The highest BCUT2D eigenvalue weighted by molar-refractivity contribution is 5.89. The molecule has 0 radical (unpaired) electrons. The zero-order valence-electron chi connectivity index (χ0n) is 13.4. The molecule has 0 aliphatic carbocycles. The van der Waals surface area contributed by atoms with Gasteiger partial charge in [-0.05, 0) is 50.6 Å². The fourth-order valence-corrected chi connectivity index (χ4v) is 2.95. The Balaban J connectivity index is 1.85. The van der Waals surface area contributed by atoms with Crippen molar-refractivity contribution in [3.8, 4) is 6.07 Å². The minimum absolute atomic E-state index is 0.0734. The third kappa shape index (κ3) is 4.47. The van der Waals surface area contributed by atoms with E-state index in [2.05, 4.69) is 30.3 Å². The van der Waals surface area contributed by atoms with Gasteiger partial charge in [0.2, 0.25) is 0 Å². The molecular formula is C17H24N4O. The Hall–Kier alpha value is -2.06. The first kappa shape index (κ1) is 16.3. The number of carbonyl (C=O) groups is 1. The molecule has 1 aliphatic heterocycles. The monoisotopic (exact) mass is 300 g/mol. The highest BCUT2D eigenvalue weighted by Gasteiger charge is 2.26. The molecule has 118 valence electrons. The van der Waals surface area contributed by atoms with Gasteiger partial charge >= 0.3 is 6.03 Å². The van der Waals surface area contributed by atoms with Gasteiger partial charge in [-0.1, -0.05) is 13.0 Å². The predicted molar refractivity (Wildman–Crippen MR) is 87.6 cm³/mol. The average molecular weight is 300 g/mol. The second kappa shape index (κ2) is 7.81. The van der Waals surface area contributed by atoms with E-state index in [4.69, 9.17) is 5.26 Å². The summed E-state index contributed by atoms with van der Waals surface area (Å²) in [4.78, 5) is 16.5. The topological polar surface area (TPSA) is 59.4 Å². The molecule has 1 aromatic carbocycles. The summed E-state index contributed by atoms with van der Waals surface area (Å²) in [5, 5.41) is 11.8. The fourth-order valence-electron chi connectivity index (χ4n) is 2.95. The Kier molecular flexibility index (Phi) is 5.79. The summed E-state index contributed by atoms with van der Waals surface area (Å²) in [5.41, 5.74) is 1.23. The second-order valence-electron chi connectivity index (χ2n) is 5.99. The smallest absolute Gasteiger partial charge is 0.321 e. The number of amides is 2. The molecule has 5 heteroatoms. The Bertz CT molecular complexity index is 552. The Morgan fingerprint density at radius 3 is 3.09 bits per heavy atom. The minimum atomic E-state index is -0.0734. The molecule has 1 saturated heterocycles. The lowest BCUT2D eigenvalue weighted by molar-refractivity contribution is 0.217. The quantitative estimate of drug-likeness (QED) is 0.909. The average Bonchev–Trinajstić information content (AvgIpc) is 2.96. The molecule has 5 nitrogen and oxygen atoms in total. The summed E-state index contributed by atoms with van der Waals surface area (Å²) in [5.74, 6) is 0.549. The third-order valence-electron chi connectivity index (χ3n) is 3.99. The molecule has 0 spiro atoms. The number of nitriles is 1. The summed E-state index contributed by atoms with van der Waals surface area (Å²) in [7, 11) is 2.14. The van der Waals surface area contributed by atoms with Crippen molar-refractivity contribution in [2.45, 2.75) is 19.8 Å². The van der Waals surface area contributed by atoms with Gasteiger partial charge in [0, 0.05) is 25.3 Å². The van der Waals surface area contributed by atoms with Crippen LogP contribution in [-0.2, 0) is 0 Å². The maximum atomic E-state index is 12.3. The van der Waals surface area contributed by atoms with Crippen molar-refractivity contribution < 1.29 is 4.79 Å². The molecule has 1 fully saturated rings. The zero-order valence-corrected chi connectivity index (χ0v) is 13.4. The van der Waals surface area contributed by atoms with Gasteiger partial charge in [0.15, 0.2) is 0 Å². The van der Waals surface area contributed by atoms with Crippen molar-refractivity contribution in [3.05, 3.63) is 29.8 Å². The van der Waals surface area contributed by atoms with Crippen LogP contribution in [0.4, 0.5) is 10.5 Å². The van der Waals surface area contributed by atoms with E-state index in [0.29, 0.717) is 17.2 Å². The minimum Gasteiger partial charge on any atom is -0.324 e. The van der Waals surface area contributed by atoms with Crippen molar-refractivity contribution >= 4 is 11.7 Å². The number of rotatable bonds is 5. The number of nitrogens with zero attached hydrogens (tertiary/aromatic N) is 3. The van der Waals surface area contributed by atoms with Crippen LogP contribution >= 0.6 is 0 Å². The van der Waals surface area contributed by atoms with E-state index < -0.39 is 0 Å². The van der Waals surface area contributed by atoms with Gasteiger partial charge in [-0.15, -0.1) is 0 Å². The molecule has 2 rings (SSSR count). The summed E-state index contributed by atoms with van der Waals surface area (Å²) < 4.78 is 0. The Morgan fingerprint density at radius 1 is 1.55 bits per heavy atom. The summed E-state index contributed by atoms with van der Waals surface area (Å²) in [6.07, 6.45) is 2.21. The van der Waals surface area contributed by atoms with Crippen molar-refractivity contribution in [2.75, 3.05) is 38.5 Å². The van der Waals surface area contributed by atoms with Gasteiger partial charge in [0.05, 0.1) is 11.6 Å². The van der Waals surface area contributed by atoms with Gasteiger partial charge in [-0.25, -0.2) is 4.79 Å². The van der Waals surface area contributed by atoms with Crippen LogP contribution in [0.5, 0.6) is 0 Å². The van der Waals surface area contributed by atoms with Crippen LogP contribution in [0.25, 0.3) is 0 Å². The number of anilines is 1. The number of hydrogen-bond donors (Lipinski definition) is 1. The van der Waals surface area contributed by atoms with E-state index in [1.165, 1.54) is 0 Å². The molecule has 0 bridgehead atoms. The standard InChI is InChI=1S/C17H24N4O/c1-3-8-20(2)12-15-7-9-21(13-15)17(22)19-16-6-4-5-14(10-16)11-18/h4-6,10,15H,3,7-9,12-13H2,1-2H3,(H,19,22)/t15-/m0/s1. The molecule has 22 heavy (non-hydrogen) atoms. The van der Waals surface area contributed by atoms with E-state index in [-0.39, 0.29) is 6.03 Å². The van der Waals surface area contributed by atoms with Crippen LogP contribution in [0.2, 0.25) is 0 Å². The highest BCUT2D eigenvalue weighted by Crippen LogP contribution is 2.19. The molecule has 1 aliphatic rings. The van der Waals surface area contributed by atoms with E-state index in [1.807, 2.05) is 4.90 Å². The van der Waals surface area contributed by atoms with E-state index in [9.17, 15) is 4.79 Å². The second-order valence-corrected chi connectivity index (χ2v) is 5.99. The largest absolute Gasteiger partial charge is 0.324 e. The molecule has 1 aromatic rings. The molecule has 2 amide bonds. The summed E-state index contributed by atoms with van der Waals surface area (Å²) in [6, 6.07) is 9.01. The first-order valence-corrected chi connectivity index (χ1v) is 7.87. The lowest BCUT2D eigenvalue weighted by Gasteiger charge is -2.21. The van der Waals surface area contributed by atoms with Crippen molar-refractivity contribution in [3.63, 3.8) is 0 Å². The Morgan fingerprint density at radius 2 is 2.36 bits per heavy atom. The summed E-state index contributed by atoms with van der Waals surface area (Å²) >= 11 is 0. The Labute approximate surface area is 132 Å². The van der Waals surface area contributed by atoms with Gasteiger partial charge < -0.3 is 15.1 Å². The maximum Gasteiger partial charge on any atom is 0.321 e. The normalized spacial score (nSPS) is 17.5. The maximum absolute atomic E-state index is 12.3. The third-order valence-corrected chi connectivity index (χ3v) is 3.99. The fraction of sp³-hybridized carbons (Fsp3) is 0.529. The van der Waals surface area contributed by atoms with Crippen LogP contribution in [-0.4, -0.2) is 49.1 Å². The van der Waals surface area contributed by atoms with Crippen LogP contribution in [0.3, 0.4) is 0 Å². The molecule has 0 aromatic heterocycles. The van der Waals surface area contributed by atoms with Crippen LogP contribution in [0.1, 0.15) is 25.3 Å². The molecule has 1 atom stereocenters. The van der Waals surface area contributed by atoms with Crippen molar-refractivity contribution in [1.29, 1.82) is 5.26 Å². The number of urea groups is 1. The van der Waals surface area contributed by atoms with Crippen molar-refractivity contribution in [2.24, 2.45) is 5.92 Å². The lowest BCUT2D eigenvalue weighted by Crippen LogP contribution is -2.34. The number of likely N-dealkylation sites (tertiary alicyclic amines) is 1. The van der Waals surface area contributed by atoms with Crippen molar-refractivity contribution in [1.82, 2.24) is 9.80 Å². The van der Waals surface area contributed by atoms with E-state index >= 15 is 0 Å². The van der Waals surface area contributed by atoms with Gasteiger partial charge in [0.25, 0.3) is 0 Å². The van der Waals surface area contributed by atoms with Gasteiger partial charge in [-0.3, -0.25) is 0 Å². The van der Waals surface area contributed by atoms with Crippen LogP contribution < -0.4 is 5.32 Å².